The van der Waals surface area contributed by atoms with Gasteiger partial charge in [-0.2, -0.15) is 0 Å². The summed E-state index contributed by atoms with van der Waals surface area (Å²) in [5.41, 5.74) is 15.2. The molecule has 0 aromatic heterocycles. The molecule has 0 saturated carbocycles. The molecule has 0 radical (unpaired) electrons. The molecule has 0 bridgehead atoms. The molecule has 0 unspecified atom stereocenters. The fourth-order valence-electron chi connectivity index (χ4n) is 10.8. The maximum Gasteiger partial charge on any atom is 0.242 e. The maximum atomic E-state index is 7.09. The highest BCUT2D eigenvalue weighted by Crippen LogP contribution is 2.51. The Hall–Kier alpha value is -8.66. The van der Waals surface area contributed by atoms with Gasteiger partial charge >= 0.3 is 0 Å². The first-order valence-corrected chi connectivity index (χ1v) is 23.5. The fourth-order valence-corrected chi connectivity index (χ4v) is 10.8. The van der Waals surface area contributed by atoms with Gasteiger partial charge in [0, 0.05) is 34.1 Å². The van der Waals surface area contributed by atoms with Crippen molar-refractivity contribution in [1.82, 2.24) is 0 Å². The SMILES string of the molecule is Cc1ccc(N(c2cc(-c3ccccc3)cc(-c3ccccc3)c2)c2ccc3c(c2)Oc2cccc4c2c-3cc2c3ccccc3c(B(c3ccccc3)c3cccc5ccccc35)cc42)cc1. The molecule has 12 aromatic rings. The summed E-state index contributed by atoms with van der Waals surface area (Å²) >= 11 is 0. The molecule has 0 saturated heterocycles. The zero-order valence-electron chi connectivity index (χ0n) is 37.6. The van der Waals surface area contributed by atoms with E-state index in [9.17, 15) is 0 Å². The lowest BCUT2D eigenvalue weighted by Crippen LogP contribution is -2.52. The van der Waals surface area contributed by atoms with Crippen molar-refractivity contribution in [1.29, 1.82) is 0 Å². The van der Waals surface area contributed by atoms with Crippen LogP contribution in [0.2, 0.25) is 0 Å². The zero-order valence-corrected chi connectivity index (χ0v) is 37.6. The molecule has 0 fully saturated rings. The highest BCUT2D eigenvalue weighted by molar-refractivity contribution is 6.98. The molecule has 0 N–H and O–H groups in total. The predicted octanol–water partition coefficient (Wildman–Crippen LogP) is 15.7. The minimum Gasteiger partial charge on any atom is -0.456 e. The molecule has 3 heteroatoms. The van der Waals surface area contributed by atoms with Gasteiger partial charge in [-0.15, -0.1) is 0 Å². The van der Waals surface area contributed by atoms with Crippen LogP contribution in [0.5, 0.6) is 11.5 Å². The van der Waals surface area contributed by atoms with E-state index in [0.717, 1.165) is 50.6 Å². The van der Waals surface area contributed by atoms with E-state index < -0.39 is 0 Å². The molecule has 1 aliphatic heterocycles. The average Bonchev–Trinajstić information content (AvgIpc) is 3.40. The summed E-state index contributed by atoms with van der Waals surface area (Å²) in [4.78, 5) is 2.37. The Morgan fingerprint density at radius 2 is 0.926 bits per heavy atom. The van der Waals surface area contributed by atoms with Crippen LogP contribution in [0.3, 0.4) is 0 Å². The number of aryl methyl sites for hydroxylation is 1. The number of ether oxygens (including phenoxy) is 1. The second-order valence-electron chi connectivity index (χ2n) is 18.1. The lowest BCUT2D eigenvalue weighted by molar-refractivity contribution is 0.487. The van der Waals surface area contributed by atoms with Crippen LogP contribution in [-0.4, -0.2) is 6.71 Å². The van der Waals surface area contributed by atoms with Gasteiger partial charge in [0.2, 0.25) is 6.71 Å². The Morgan fingerprint density at radius 1 is 0.338 bits per heavy atom. The number of rotatable bonds is 8. The minimum atomic E-state index is 0.00597. The van der Waals surface area contributed by atoms with Crippen LogP contribution in [0.15, 0.2) is 249 Å². The first-order valence-electron chi connectivity index (χ1n) is 23.5. The van der Waals surface area contributed by atoms with Crippen LogP contribution < -0.4 is 26.0 Å². The van der Waals surface area contributed by atoms with Gasteiger partial charge in [0.05, 0.1) is 0 Å². The van der Waals surface area contributed by atoms with E-state index >= 15 is 0 Å². The summed E-state index contributed by atoms with van der Waals surface area (Å²) in [5.74, 6) is 1.70. The molecule has 68 heavy (non-hydrogen) atoms. The van der Waals surface area contributed by atoms with Crippen molar-refractivity contribution >= 4 is 83.3 Å². The van der Waals surface area contributed by atoms with Gasteiger partial charge in [0.15, 0.2) is 0 Å². The third-order valence-corrected chi connectivity index (χ3v) is 14.0. The lowest BCUT2D eigenvalue weighted by Gasteiger charge is -2.29. The third kappa shape index (κ3) is 6.74. The van der Waals surface area contributed by atoms with Gasteiger partial charge in [0.1, 0.15) is 11.5 Å². The second-order valence-corrected chi connectivity index (χ2v) is 18.1. The Bertz CT molecular complexity index is 3820. The third-order valence-electron chi connectivity index (χ3n) is 14.0. The predicted molar refractivity (Wildman–Crippen MR) is 290 cm³/mol. The van der Waals surface area contributed by atoms with Gasteiger partial charge in [-0.3, -0.25) is 0 Å². The summed E-state index contributed by atoms with van der Waals surface area (Å²) < 4.78 is 7.09. The molecule has 318 valence electrons. The van der Waals surface area contributed by atoms with Gasteiger partial charge in [-0.1, -0.05) is 210 Å². The molecular formula is C65H44BNO. The number of benzene rings is 12. The monoisotopic (exact) mass is 865 g/mol. The first kappa shape index (κ1) is 39.7. The van der Waals surface area contributed by atoms with Gasteiger partial charge in [0.25, 0.3) is 0 Å². The molecular weight excluding hydrogens is 822 g/mol. The first-order chi connectivity index (χ1) is 33.6. The minimum absolute atomic E-state index is 0.00597. The van der Waals surface area contributed by atoms with E-state index in [0.29, 0.717) is 0 Å². The summed E-state index contributed by atoms with van der Waals surface area (Å²) in [6, 6.07) is 90.9. The normalized spacial score (nSPS) is 11.7. The topological polar surface area (TPSA) is 12.5 Å². The van der Waals surface area contributed by atoms with Crippen molar-refractivity contribution in [3.05, 3.63) is 254 Å². The number of nitrogens with zero attached hydrogens (tertiary/aromatic N) is 1. The maximum absolute atomic E-state index is 7.09. The number of fused-ring (bicyclic) bond motifs is 7. The highest BCUT2D eigenvalue weighted by Gasteiger charge is 2.29. The van der Waals surface area contributed by atoms with Crippen LogP contribution >= 0.6 is 0 Å². The van der Waals surface area contributed by atoms with Crippen LogP contribution in [-0.2, 0) is 0 Å². The van der Waals surface area contributed by atoms with Crippen molar-refractivity contribution in [2.45, 2.75) is 6.92 Å². The largest absolute Gasteiger partial charge is 0.456 e. The van der Waals surface area contributed by atoms with E-state index in [1.165, 1.54) is 76.3 Å². The number of hydrogen-bond donors (Lipinski definition) is 0. The van der Waals surface area contributed by atoms with Crippen LogP contribution in [0.4, 0.5) is 17.1 Å². The Kier molecular flexibility index (Phi) is 9.54. The molecule has 13 rings (SSSR count). The lowest BCUT2D eigenvalue weighted by atomic mass is 9.35. The standard InChI is InChI=1S/C65H44BNO/c1-43-31-33-50(34-32-43)67(52-38-47(44-17-5-2-6-18-44)37-48(39-52)45-19-7-3-8-20-45)51-35-36-56-60-41-58-54-26-13-14-27-55(54)62(42-59(58)57-28-16-30-63(65(57)60)68-64(56)40-51)66(49-23-9-4-10-24-49)61-29-15-22-46-21-11-12-25-53(46)61/h2-42H,1H3. The summed E-state index contributed by atoms with van der Waals surface area (Å²) in [7, 11) is 0. The Labute approximate surface area is 397 Å². The van der Waals surface area contributed by atoms with Gasteiger partial charge in [-0.25, -0.2) is 0 Å². The Balaban J connectivity index is 1.01. The summed E-state index contributed by atoms with van der Waals surface area (Å²) in [6.07, 6.45) is 0. The van der Waals surface area contributed by atoms with Crippen LogP contribution in [0.25, 0.3) is 76.5 Å². The molecule has 2 nitrogen and oxygen atoms in total. The molecule has 0 spiro atoms. The van der Waals surface area contributed by atoms with Crippen molar-refractivity contribution in [2.24, 2.45) is 0 Å². The van der Waals surface area contributed by atoms with Crippen molar-refractivity contribution < 1.29 is 4.74 Å². The van der Waals surface area contributed by atoms with Crippen LogP contribution in [0.1, 0.15) is 5.56 Å². The molecule has 0 aliphatic carbocycles. The quantitative estimate of drug-likeness (QED) is 0.111. The molecule has 0 amide bonds. The van der Waals surface area contributed by atoms with Crippen LogP contribution in [0, 0.1) is 6.92 Å². The van der Waals surface area contributed by atoms with E-state index in [1.54, 1.807) is 0 Å². The average molecular weight is 866 g/mol. The summed E-state index contributed by atoms with van der Waals surface area (Å²) in [6.45, 7) is 2.15. The zero-order chi connectivity index (χ0) is 45.1. The highest BCUT2D eigenvalue weighted by atomic mass is 16.5. The molecule has 0 atom stereocenters. The molecule has 12 aromatic carbocycles. The van der Waals surface area contributed by atoms with Crippen molar-refractivity contribution in [3.8, 4) is 44.9 Å². The second kappa shape index (κ2) is 16.3. The smallest absolute Gasteiger partial charge is 0.242 e. The van der Waals surface area contributed by atoms with E-state index in [1.807, 2.05) is 0 Å². The molecule has 1 heterocycles. The summed E-state index contributed by atoms with van der Waals surface area (Å²) in [5, 5.41) is 9.81. The molecule has 1 aliphatic rings. The van der Waals surface area contributed by atoms with Crippen molar-refractivity contribution in [2.75, 3.05) is 4.90 Å². The number of anilines is 3. The van der Waals surface area contributed by atoms with E-state index in [2.05, 4.69) is 261 Å². The fraction of sp³-hybridized carbons (Fsp3) is 0.0154. The Morgan fingerprint density at radius 3 is 1.66 bits per heavy atom. The van der Waals surface area contributed by atoms with Gasteiger partial charge in [-0.05, 0) is 127 Å². The number of hydrogen-bond acceptors (Lipinski definition) is 2. The van der Waals surface area contributed by atoms with Crippen molar-refractivity contribution in [3.63, 3.8) is 0 Å². The van der Waals surface area contributed by atoms with E-state index in [4.69, 9.17) is 4.74 Å². The van der Waals surface area contributed by atoms with Gasteiger partial charge < -0.3 is 9.64 Å². The van der Waals surface area contributed by atoms with E-state index in [-0.39, 0.29) is 6.71 Å².